The molecule has 5 rings (SSSR count). The van der Waals surface area contributed by atoms with Crippen LogP contribution >= 0.6 is 0 Å². The van der Waals surface area contributed by atoms with E-state index in [4.69, 9.17) is 4.98 Å². The summed E-state index contributed by atoms with van der Waals surface area (Å²) in [4.78, 5) is 4.75. The maximum absolute atomic E-state index is 9.60. The third kappa shape index (κ3) is 3.19. The summed E-state index contributed by atoms with van der Waals surface area (Å²) in [5.41, 5.74) is 5.00. The van der Waals surface area contributed by atoms with Gasteiger partial charge in [0, 0.05) is 11.8 Å². The molecule has 0 saturated heterocycles. The van der Waals surface area contributed by atoms with E-state index >= 15 is 0 Å². The molecule has 0 aliphatic heterocycles. The van der Waals surface area contributed by atoms with Gasteiger partial charge in [-0.05, 0) is 22.8 Å². The second kappa shape index (κ2) is 8.37. The van der Waals surface area contributed by atoms with Gasteiger partial charge < -0.3 is 4.57 Å². The highest BCUT2D eigenvalue weighted by atomic mass is 15.1. The molecule has 152 valence electrons. The Morgan fingerprint density at radius 2 is 1.09 bits per heavy atom. The van der Waals surface area contributed by atoms with E-state index in [1.807, 2.05) is 55.0 Å². The van der Waals surface area contributed by atoms with Gasteiger partial charge in [-0.2, -0.15) is 5.26 Å². The van der Waals surface area contributed by atoms with Crippen molar-refractivity contribution in [1.29, 1.82) is 5.26 Å². The Morgan fingerprint density at radius 1 is 0.625 bits per heavy atom. The molecule has 1 heterocycles. The third-order valence-corrected chi connectivity index (χ3v) is 5.87. The molecule has 1 aromatic heterocycles. The van der Waals surface area contributed by atoms with Crippen molar-refractivity contribution in [2.75, 3.05) is 0 Å². The average molecular weight is 412 g/mol. The van der Waals surface area contributed by atoms with Crippen LogP contribution in [-0.4, -0.2) is 9.55 Å². The molecule has 0 N–H and O–H groups in total. The Kier molecular flexibility index (Phi) is 5.11. The molecule has 3 heteroatoms. The van der Waals surface area contributed by atoms with Crippen molar-refractivity contribution in [1.82, 2.24) is 9.55 Å². The van der Waals surface area contributed by atoms with Crippen LogP contribution in [-0.2, 0) is 5.54 Å². The zero-order valence-corrected chi connectivity index (χ0v) is 17.5. The Bertz CT molecular complexity index is 1270. The minimum absolute atomic E-state index is 0.613. The van der Waals surface area contributed by atoms with Crippen molar-refractivity contribution in [2.45, 2.75) is 5.54 Å². The molecule has 0 aliphatic carbocycles. The van der Waals surface area contributed by atoms with E-state index in [0.29, 0.717) is 5.56 Å². The van der Waals surface area contributed by atoms with Crippen LogP contribution in [0.15, 0.2) is 128 Å². The molecule has 0 bridgehead atoms. The lowest BCUT2D eigenvalue weighted by molar-refractivity contribution is 0.515. The molecule has 0 atom stereocenters. The van der Waals surface area contributed by atoms with Gasteiger partial charge in [-0.3, -0.25) is 0 Å². The predicted octanol–water partition coefficient (Wildman–Crippen LogP) is 6.26. The highest BCUT2D eigenvalue weighted by molar-refractivity contribution is 5.67. The molecule has 3 nitrogen and oxygen atoms in total. The standard InChI is InChI=1S/C29H21N3/c30-20-23-12-10-11-19-27(23)28-21-32(22-31-28)29(24-13-4-1-5-14-24,25-15-6-2-7-16-25)26-17-8-3-9-18-26/h1-19,21-22H. The lowest BCUT2D eigenvalue weighted by Gasteiger charge is -2.37. The van der Waals surface area contributed by atoms with Crippen LogP contribution < -0.4 is 0 Å². The largest absolute Gasteiger partial charge is 0.318 e. The Balaban J connectivity index is 1.82. The van der Waals surface area contributed by atoms with Crippen molar-refractivity contribution in [2.24, 2.45) is 0 Å². The third-order valence-electron chi connectivity index (χ3n) is 5.87. The summed E-state index contributed by atoms with van der Waals surface area (Å²) in [7, 11) is 0. The number of nitriles is 1. The zero-order valence-electron chi connectivity index (χ0n) is 17.5. The number of imidazole rings is 1. The maximum Gasteiger partial charge on any atom is 0.121 e. The summed E-state index contributed by atoms with van der Waals surface area (Å²) < 4.78 is 2.16. The van der Waals surface area contributed by atoms with Crippen LogP contribution in [0.2, 0.25) is 0 Å². The van der Waals surface area contributed by atoms with Gasteiger partial charge in [-0.15, -0.1) is 0 Å². The number of hydrogen-bond acceptors (Lipinski definition) is 2. The maximum atomic E-state index is 9.60. The summed E-state index contributed by atoms with van der Waals surface area (Å²) in [6, 6.07) is 41.3. The average Bonchev–Trinajstić information content (AvgIpc) is 3.37. The molecule has 0 amide bonds. The Hall–Kier alpha value is -4.42. The van der Waals surface area contributed by atoms with E-state index in [1.54, 1.807) is 0 Å². The van der Waals surface area contributed by atoms with E-state index in [9.17, 15) is 5.26 Å². The van der Waals surface area contributed by atoms with Crippen molar-refractivity contribution in [3.8, 4) is 17.3 Å². The van der Waals surface area contributed by atoms with Crippen LogP contribution in [0.3, 0.4) is 0 Å². The minimum Gasteiger partial charge on any atom is -0.318 e. The van der Waals surface area contributed by atoms with Crippen LogP contribution in [0, 0.1) is 11.3 Å². The van der Waals surface area contributed by atoms with E-state index < -0.39 is 5.54 Å². The molecule has 0 radical (unpaired) electrons. The number of aromatic nitrogens is 2. The van der Waals surface area contributed by atoms with Crippen LogP contribution in [0.5, 0.6) is 0 Å². The van der Waals surface area contributed by atoms with Gasteiger partial charge in [0.25, 0.3) is 0 Å². The smallest absolute Gasteiger partial charge is 0.121 e. The van der Waals surface area contributed by atoms with Gasteiger partial charge in [0.15, 0.2) is 0 Å². The molecule has 5 aromatic rings. The summed E-state index contributed by atoms with van der Waals surface area (Å²) >= 11 is 0. The van der Waals surface area contributed by atoms with E-state index in [0.717, 1.165) is 27.9 Å². The summed E-state index contributed by atoms with van der Waals surface area (Å²) in [5.74, 6) is 0. The quantitative estimate of drug-likeness (QED) is 0.320. The fraction of sp³-hybridized carbons (Fsp3) is 0.0345. The van der Waals surface area contributed by atoms with Crippen LogP contribution in [0.1, 0.15) is 22.3 Å². The number of hydrogen-bond donors (Lipinski definition) is 0. The van der Waals surface area contributed by atoms with Crippen molar-refractivity contribution in [3.05, 3.63) is 150 Å². The van der Waals surface area contributed by atoms with E-state index in [2.05, 4.69) is 83.4 Å². The Labute approximate surface area is 187 Å². The van der Waals surface area contributed by atoms with E-state index in [-0.39, 0.29) is 0 Å². The number of benzene rings is 4. The van der Waals surface area contributed by atoms with Crippen molar-refractivity contribution in [3.63, 3.8) is 0 Å². The number of rotatable bonds is 5. The van der Waals surface area contributed by atoms with Gasteiger partial charge in [0.1, 0.15) is 5.54 Å². The topological polar surface area (TPSA) is 41.6 Å². The van der Waals surface area contributed by atoms with Crippen LogP contribution in [0.25, 0.3) is 11.3 Å². The fourth-order valence-electron chi connectivity index (χ4n) is 4.43. The summed E-state index contributed by atoms with van der Waals surface area (Å²) in [5, 5.41) is 9.60. The van der Waals surface area contributed by atoms with Gasteiger partial charge in [-0.25, -0.2) is 4.98 Å². The molecule has 4 aromatic carbocycles. The predicted molar refractivity (Wildman–Crippen MR) is 127 cm³/mol. The molecule has 0 fully saturated rings. The normalized spacial score (nSPS) is 11.1. The van der Waals surface area contributed by atoms with Crippen molar-refractivity contribution >= 4 is 0 Å². The molecule has 0 saturated carbocycles. The highest BCUT2D eigenvalue weighted by Crippen LogP contribution is 2.41. The van der Waals surface area contributed by atoms with Crippen LogP contribution in [0.4, 0.5) is 0 Å². The Morgan fingerprint density at radius 3 is 1.59 bits per heavy atom. The monoisotopic (exact) mass is 411 g/mol. The molecule has 0 spiro atoms. The molecule has 0 aliphatic rings. The first-order chi connectivity index (χ1) is 15.8. The molecule has 32 heavy (non-hydrogen) atoms. The highest BCUT2D eigenvalue weighted by Gasteiger charge is 2.38. The fourth-order valence-corrected chi connectivity index (χ4v) is 4.43. The van der Waals surface area contributed by atoms with Gasteiger partial charge in [-0.1, -0.05) is 109 Å². The molecular formula is C29H21N3. The van der Waals surface area contributed by atoms with E-state index in [1.165, 1.54) is 0 Å². The summed E-state index contributed by atoms with van der Waals surface area (Å²) in [6.45, 7) is 0. The first-order valence-corrected chi connectivity index (χ1v) is 10.5. The van der Waals surface area contributed by atoms with Gasteiger partial charge in [0.05, 0.1) is 23.7 Å². The first kappa shape index (κ1) is 19.5. The van der Waals surface area contributed by atoms with Gasteiger partial charge >= 0.3 is 0 Å². The molecular weight excluding hydrogens is 390 g/mol. The zero-order chi connectivity index (χ0) is 21.8. The lowest BCUT2D eigenvalue weighted by atomic mass is 9.77. The lowest BCUT2D eigenvalue weighted by Crippen LogP contribution is -2.36. The summed E-state index contributed by atoms with van der Waals surface area (Å²) in [6.07, 6.45) is 3.92. The van der Waals surface area contributed by atoms with Crippen molar-refractivity contribution < 1.29 is 0 Å². The second-order valence-corrected chi connectivity index (χ2v) is 7.63. The first-order valence-electron chi connectivity index (χ1n) is 10.5. The molecule has 0 unspecified atom stereocenters. The SMILES string of the molecule is N#Cc1ccccc1-c1cn(C(c2ccccc2)(c2ccccc2)c2ccccc2)cn1. The minimum atomic E-state index is -0.614. The second-order valence-electron chi connectivity index (χ2n) is 7.63. The van der Waals surface area contributed by atoms with Gasteiger partial charge in [0.2, 0.25) is 0 Å². The number of nitrogens with zero attached hydrogens (tertiary/aromatic N) is 3.